The van der Waals surface area contributed by atoms with Gasteiger partial charge in [0.05, 0.1) is 38.3 Å². The molecule has 0 atom stereocenters. The molecule has 3 heterocycles. The van der Waals surface area contributed by atoms with E-state index in [1.54, 1.807) is 30.3 Å². The Hall–Kier alpha value is -5.44. The molecule has 0 spiro atoms. The minimum Gasteiger partial charge on any atom is -0.344 e. The highest BCUT2D eigenvalue weighted by atomic mass is 16.6. The van der Waals surface area contributed by atoms with Crippen LogP contribution in [0.2, 0.25) is 0 Å². The largest absolute Gasteiger partial charge is 0.344 e. The molecular formula is C30H21N5O4. The van der Waals surface area contributed by atoms with Crippen molar-refractivity contribution in [2.45, 2.75) is 5.41 Å². The fourth-order valence-electron chi connectivity index (χ4n) is 5.41. The Morgan fingerprint density at radius 1 is 0.692 bits per heavy atom. The van der Waals surface area contributed by atoms with Gasteiger partial charge in [0, 0.05) is 43.1 Å². The highest BCUT2D eigenvalue weighted by molar-refractivity contribution is 5.84. The molecule has 1 aliphatic heterocycles. The van der Waals surface area contributed by atoms with Gasteiger partial charge >= 0.3 is 0 Å². The molecule has 0 saturated carbocycles. The average molecular weight is 516 g/mol. The second kappa shape index (κ2) is 9.14. The third kappa shape index (κ3) is 3.71. The molecule has 5 aromatic rings. The quantitative estimate of drug-likeness (QED) is 0.196. The lowest BCUT2D eigenvalue weighted by Crippen LogP contribution is -2.39. The van der Waals surface area contributed by atoms with Crippen molar-refractivity contribution in [2.24, 2.45) is 0 Å². The van der Waals surface area contributed by atoms with Gasteiger partial charge < -0.3 is 4.90 Å². The third-order valence-corrected chi connectivity index (χ3v) is 7.17. The number of non-ortho nitro benzene ring substituents is 2. The molecule has 9 nitrogen and oxygen atoms in total. The lowest BCUT2D eigenvalue weighted by Gasteiger charge is -2.43. The van der Waals surface area contributed by atoms with Crippen molar-refractivity contribution in [3.8, 4) is 11.3 Å². The normalized spacial score (nSPS) is 13.3. The Balaban J connectivity index is 1.76. The van der Waals surface area contributed by atoms with E-state index in [9.17, 15) is 20.2 Å². The van der Waals surface area contributed by atoms with Gasteiger partial charge in [0.1, 0.15) is 5.41 Å². The van der Waals surface area contributed by atoms with Gasteiger partial charge in [0.15, 0.2) is 0 Å². The first kappa shape index (κ1) is 23.9. The van der Waals surface area contributed by atoms with E-state index in [1.165, 1.54) is 24.3 Å². The minimum absolute atomic E-state index is 0.0876. The number of benzene rings is 3. The Labute approximate surface area is 223 Å². The second-order valence-electron chi connectivity index (χ2n) is 9.22. The van der Waals surface area contributed by atoms with Gasteiger partial charge in [0.2, 0.25) is 0 Å². The summed E-state index contributed by atoms with van der Waals surface area (Å²) in [5, 5.41) is 23.5. The van der Waals surface area contributed by atoms with Crippen LogP contribution < -0.4 is 4.90 Å². The first-order chi connectivity index (χ1) is 18.9. The summed E-state index contributed by atoms with van der Waals surface area (Å²) in [6.45, 7) is 0. The van der Waals surface area contributed by atoms with Crippen molar-refractivity contribution in [2.75, 3.05) is 11.9 Å². The fourth-order valence-corrected chi connectivity index (χ4v) is 5.41. The lowest BCUT2D eigenvalue weighted by molar-refractivity contribution is -0.384. The van der Waals surface area contributed by atoms with E-state index in [0.717, 1.165) is 22.4 Å². The smallest absolute Gasteiger partial charge is 0.271 e. The summed E-state index contributed by atoms with van der Waals surface area (Å²) in [7, 11) is 1.75. The van der Waals surface area contributed by atoms with Crippen molar-refractivity contribution in [3.05, 3.63) is 152 Å². The van der Waals surface area contributed by atoms with E-state index in [2.05, 4.69) is 0 Å². The van der Waals surface area contributed by atoms with E-state index in [0.29, 0.717) is 22.8 Å². The Morgan fingerprint density at radius 3 is 1.85 bits per heavy atom. The summed E-state index contributed by atoms with van der Waals surface area (Å²) in [6, 6.07) is 30.5. The summed E-state index contributed by atoms with van der Waals surface area (Å²) in [5.41, 5.74) is 4.19. The van der Waals surface area contributed by atoms with E-state index >= 15 is 0 Å². The standard InChI is InChI=1S/C30H21N5O4/c1-33-26-18-21(34(36)37)13-15-23(26)30(28-11-5-6-17-31-28,24-16-14-22(35(38)39)19-27(24)33)29-12-7-10-25(32-29)20-8-3-2-4-9-20/h2-19H,1H3. The van der Waals surface area contributed by atoms with E-state index in [-0.39, 0.29) is 11.4 Å². The molecule has 0 amide bonds. The molecule has 0 bridgehead atoms. The molecule has 190 valence electrons. The Kier molecular flexibility index (Phi) is 5.61. The number of rotatable bonds is 5. The zero-order chi connectivity index (χ0) is 27.1. The van der Waals surface area contributed by atoms with Crippen LogP contribution >= 0.6 is 0 Å². The molecular weight excluding hydrogens is 494 g/mol. The fraction of sp³-hybridized carbons (Fsp3) is 0.0667. The van der Waals surface area contributed by atoms with Crippen LogP contribution in [-0.2, 0) is 5.41 Å². The molecule has 3 aromatic carbocycles. The van der Waals surface area contributed by atoms with Crippen molar-refractivity contribution in [1.29, 1.82) is 0 Å². The van der Waals surface area contributed by atoms with E-state index < -0.39 is 15.3 Å². The zero-order valence-corrected chi connectivity index (χ0v) is 20.8. The van der Waals surface area contributed by atoms with Gasteiger partial charge in [-0.15, -0.1) is 0 Å². The van der Waals surface area contributed by atoms with E-state index in [4.69, 9.17) is 9.97 Å². The van der Waals surface area contributed by atoms with Crippen molar-refractivity contribution < 1.29 is 9.85 Å². The molecule has 0 aliphatic carbocycles. The molecule has 0 saturated heterocycles. The number of nitrogens with zero attached hydrogens (tertiary/aromatic N) is 5. The molecule has 1 aliphatic rings. The van der Waals surface area contributed by atoms with Crippen LogP contribution in [0, 0.1) is 20.2 Å². The zero-order valence-electron chi connectivity index (χ0n) is 20.8. The van der Waals surface area contributed by atoms with Gasteiger partial charge in [0.25, 0.3) is 11.4 Å². The number of fused-ring (bicyclic) bond motifs is 2. The van der Waals surface area contributed by atoms with Crippen LogP contribution in [0.25, 0.3) is 11.3 Å². The summed E-state index contributed by atoms with van der Waals surface area (Å²) < 4.78 is 0. The van der Waals surface area contributed by atoms with E-state index in [1.807, 2.05) is 66.7 Å². The Bertz CT molecular complexity index is 1680. The molecule has 39 heavy (non-hydrogen) atoms. The lowest BCUT2D eigenvalue weighted by atomic mass is 9.65. The average Bonchev–Trinajstić information content (AvgIpc) is 2.98. The maximum atomic E-state index is 11.8. The highest BCUT2D eigenvalue weighted by Crippen LogP contribution is 2.55. The predicted octanol–water partition coefficient (Wildman–Crippen LogP) is 6.42. The molecule has 0 unspecified atom stereocenters. The SMILES string of the molecule is CN1c2cc([N+](=O)[O-])ccc2C(c2ccccn2)(c2cccc(-c3ccccc3)n2)c2ccc([N+](=O)[O-])cc21. The summed E-state index contributed by atoms with van der Waals surface area (Å²) in [6.07, 6.45) is 1.69. The number of aromatic nitrogens is 2. The minimum atomic E-state index is -1.12. The Morgan fingerprint density at radius 2 is 1.28 bits per heavy atom. The number of hydrogen-bond donors (Lipinski definition) is 0. The van der Waals surface area contributed by atoms with Crippen LogP contribution in [0.3, 0.4) is 0 Å². The molecule has 6 rings (SSSR count). The van der Waals surface area contributed by atoms with Crippen LogP contribution in [0.1, 0.15) is 22.5 Å². The van der Waals surface area contributed by atoms with Crippen molar-refractivity contribution >= 4 is 22.7 Å². The summed E-state index contributed by atoms with van der Waals surface area (Å²) >= 11 is 0. The molecule has 0 radical (unpaired) electrons. The maximum absolute atomic E-state index is 11.8. The van der Waals surface area contributed by atoms with Crippen molar-refractivity contribution in [3.63, 3.8) is 0 Å². The van der Waals surface area contributed by atoms with Crippen molar-refractivity contribution in [1.82, 2.24) is 9.97 Å². The molecule has 0 fully saturated rings. The summed E-state index contributed by atoms with van der Waals surface area (Å²) in [4.78, 5) is 34.3. The number of nitro groups is 2. The first-order valence-corrected chi connectivity index (χ1v) is 12.2. The maximum Gasteiger partial charge on any atom is 0.271 e. The predicted molar refractivity (Wildman–Crippen MR) is 147 cm³/mol. The molecule has 9 heteroatoms. The van der Waals surface area contributed by atoms with Crippen LogP contribution in [0.15, 0.2) is 109 Å². The van der Waals surface area contributed by atoms with Crippen LogP contribution in [-0.4, -0.2) is 26.9 Å². The summed E-state index contributed by atoms with van der Waals surface area (Å²) in [5.74, 6) is 0. The molecule has 2 aromatic heterocycles. The van der Waals surface area contributed by atoms with Gasteiger partial charge in [-0.2, -0.15) is 0 Å². The number of nitro benzene ring substituents is 2. The first-order valence-electron chi connectivity index (χ1n) is 12.2. The van der Waals surface area contributed by atoms with Gasteiger partial charge in [-0.1, -0.05) is 42.5 Å². The van der Waals surface area contributed by atoms with Gasteiger partial charge in [-0.3, -0.25) is 30.2 Å². The monoisotopic (exact) mass is 515 g/mol. The van der Waals surface area contributed by atoms with Crippen LogP contribution in [0.5, 0.6) is 0 Å². The number of anilines is 2. The highest BCUT2D eigenvalue weighted by Gasteiger charge is 2.48. The third-order valence-electron chi connectivity index (χ3n) is 7.17. The molecule has 0 N–H and O–H groups in total. The van der Waals surface area contributed by atoms with Gasteiger partial charge in [-0.25, -0.2) is 0 Å². The second-order valence-corrected chi connectivity index (χ2v) is 9.22. The van der Waals surface area contributed by atoms with Gasteiger partial charge in [-0.05, 0) is 47.5 Å². The van der Waals surface area contributed by atoms with Crippen LogP contribution in [0.4, 0.5) is 22.7 Å². The number of hydrogen-bond acceptors (Lipinski definition) is 7. The number of pyridine rings is 2. The topological polar surface area (TPSA) is 115 Å².